The van der Waals surface area contributed by atoms with E-state index in [2.05, 4.69) is 12.2 Å². The molecule has 1 aromatic rings. The molecule has 1 unspecified atom stereocenters. The molecule has 4 heteroatoms. The van der Waals surface area contributed by atoms with E-state index in [1.54, 1.807) is 0 Å². The van der Waals surface area contributed by atoms with E-state index in [4.69, 9.17) is 9.84 Å². The second-order valence-electron chi connectivity index (χ2n) is 5.51. The van der Waals surface area contributed by atoms with Gasteiger partial charge in [0.25, 0.3) is 5.91 Å². The van der Waals surface area contributed by atoms with E-state index in [1.165, 1.54) is 5.56 Å². The normalized spacial score (nSPS) is 12.0. The molecule has 0 bridgehead atoms. The number of nitrogens with one attached hydrogen (secondary N) is 1. The Bertz CT molecular complexity index is 440. The lowest BCUT2D eigenvalue weighted by atomic mass is 10.0. The highest BCUT2D eigenvalue weighted by molar-refractivity contribution is 5.77. The molecule has 0 aliphatic rings. The number of amides is 1. The second-order valence-corrected chi connectivity index (χ2v) is 5.51. The van der Waals surface area contributed by atoms with Crippen LogP contribution in [0.4, 0.5) is 0 Å². The number of ether oxygens (including phenoxy) is 1. The van der Waals surface area contributed by atoms with Crippen molar-refractivity contribution in [3.63, 3.8) is 0 Å². The van der Waals surface area contributed by atoms with Crippen molar-refractivity contribution in [3.8, 4) is 5.75 Å². The smallest absolute Gasteiger partial charge is 0.257 e. The number of aliphatic hydroxyl groups is 1. The molecule has 1 aromatic carbocycles. The molecule has 0 heterocycles. The van der Waals surface area contributed by atoms with Crippen LogP contribution in [0, 0.1) is 19.8 Å². The van der Waals surface area contributed by atoms with E-state index in [1.807, 2.05) is 32.0 Å². The predicted octanol–water partition coefficient (Wildman–Crippen LogP) is 2.60. The molecule has 0 fully saturated rings. The quantitative estimate of drug-likeness (QED) is 0.736. The summed E-state index contributed by atoms with van der Waals surface area (Å²) in [6.45, 7) is 6.96. The number of aliphatic hydroxyl groups excluding tert-OH is 1. The zero-order chi connectivity index (χ0) is 15.7. The third kappa shape index (κ3) is 6.63. The van der Waals surface area contributed by atoms with Crippen molar-refractivity contribution < 1.29 is 14.6 Å². The van der Waals surface area contributed by atoms with Crippen molar-refractivity contribution in [1.82, 2.24) is 5.32 Å². The maximum Gasteiger partial charge on any atom is 0.257 e. The lowest BCUT2D eigenvalue weighted by molar-refractivity contribution is -0.123. The van der Waals surface area contributed by atoms with Gasteiger partial charge in [-0.1, -0.05) is 19.4 Å². The summed E-state index contributed by atoms with van der Waals surface area (Å²) < 4.78 is 5.49. The number of hydrogen-bond acceptors (Lipinski definition) is 3. The van der Waals surface area contributed by atoms with Crippen molar-refractivity contribution in [2.75, 3.05) is 19.8 Å². The fraction of sp³-hybridized carbons (Fsp3) is 0.588. The summed E-state index contributed by atoms with van der Waals surface area (Å²) in [7, 11) is 0. The molecule has 1 atom stereocenters. The van der Waals surface area contributed by atoms with Crippen LogP contribution in [0.5, 0.6) is 5.75 Å². The SMILES string of the molecule is CCCC(CCO)CNC(=O)COc1ccc(C)c(C)c1. The second kappa shape index (κ2) is 9.40. The van der Waals surface area contributed by atoms with Gasteiger partial charge in [0.15, 0.2) is 6.61 Å². The standard InChI is InChI=1S/C17H27NO3/c1-4-5-15(8-9-19)11-18-17(20)12-21-16-7-6-13(2)14(3)10-16/h6-7,10,15,19H,4-5,8-9,11-12H2,1-3H3,(H,18,20). The molecule has 118 valence electrons. The number of aryl methyl sites for hydroxylation is 2. The van der Waals surface area contributed by atoms with Gasteiger partial charge in [-0.2, -0.15) is 0 Å². The van der Waals surface area contributed by atoms with Gasteiger partial charge in [-0.15, -0.1) is 0 Å². The Morgan fingerprint density at radius 1 is 1.29 bits per heavy atom. The Balaban J connectivity index is 2.34. The van der Waals surface area contributed by atoms with Crippen LogP contribution in [0.15, 0.2) is 18.2 Å². The molecule has 1 rings (SSSR count). The highest BCUT2D eigenvalue weighted by Crippen LogP contribution is 2.16. The molecule has 0 aliphatic heterocycles. The third-order valence-electron chi connectivity index (χ3n) is 3.67. The average molecular weight is 293 g/mol. The van der Waals surface area contributed by atoms with Gasteiger partial charge in [0.1, 0.15) is 5.75 Å². The lowest BCUT2D eigenvalue weighted by Crippen LogP contribution is -2.33. The Kier molecular flexibility index (Phi) is 7.83. The molecule has 0 saturated carbocycles. The van der Waals surface area contributed by atoms with Crippen LogP contribution in [-0.4, -0.2) is 30.8 Å². The molecule has 2 N–H and O–H groups in total. The van der Waals surface area contributed by atoms with Crippen molar-refractivity contribution >= 4 is 5.91 Å². The topological polar surface area (TPSA) is 58.6 Å². The molecule has 0 aliphatic carbocycles. The maximum absolute atomic E-state index is 11.8. The first-order chi connectivity index (χ1) is 10.1. The van der Waals surface area contributed by atoms with Crippen LogP contribution in [0.25, 0.3) is 0 Å². The van der Waals surface area contributed by atoms with Gasteiger partial charge in [0.2, 0.25) is 0 Å². The van der Waals surface area contributed by atoms with E-state index in [0.717, 1.165) is 24.8 Å². The highest BCUT2D eigenvalue weighted by atomic mass is 16.5. The predicted molar refractivity (Wildman–Crippen MR) is 84.5 cm³/mol. The van der Waals surface area contributed by atoms with E-state index in [0.29, 0.717) is 18.2 Å². The van der Waals surface area contributed by atoms with E-state index in [9.17, 15) is 4.79 Å². The number of carbonyl (C=O) groups excluding carboxylic acids is 1. The minimum atomic E-state index is -0.118. The lowest BCUT2D eigenvalue weighted by Gasteiger charge is -2.16. The molecular formula is C17H27NO3. The fourth-order valence-electron chi connectivity index (χ4n) is 2.20. The van der Waals surface area contributed by atoms with Gasteiger partial charge in [-0.25, -0.2) is 0 Å². The minimum Gasteiger partial charge on any atom is -0.484 e. The molecule has 0 radical (unpaired) electrons. The largest absolute Gasteiger partial charge is 0.484 e. The Morgan fingerprint density at radius 2 is 2.05 bits per heavy atom. The molecule has 21 heavy (non-hydrogen) atoms. The van der Waals surface area contributed by atoms with Crippen molar-refractivity contribution in [2.24, 2.45) is 5.92 Å². The van der Waals surface area contributed by atoms with Crippen LogP contribution in [0.1, 0.15) is 37.3 Å². The van der Waals surface area contributed by atoms with Gasteiger partial charge in [-0.3, -0.25) is 4.79 Å². The van der Waals surface area contributed by atoms with Gasteiger partial charge in [-0.05, 0) is 55.9 Å². The van der Waals surface area contributed by atoms with Gasteiger partial charge in [0, 0.05) is 13.2 Å². The minimum absolute atomic E-state index is 0.0282. The van der Waals surface area contributed by atoms with Crippen LogP contribution in [0.3, 0.4) is 0 Å². The Hall–Kier alpha value is -1.55. The monoisotopic (exact) mass is 293 g/mol. The van der Waals surface area contributed by atoms with E-state index < -0.39 is 0 Å². The van der Waals surface area contributed by atoms with Crippen molar-refractivity contribution in [1.29, 1.82) is 0 Å². The first-order valence-corrected chi connectivity index (χ1v) is 7.64. The third-order valence-corrected chi connectivity index (χ3v) is 3.67. The average Bonchev–Trinajstić information content (AvgIpc) is 2.46. The molecule has 0 aromatic heterocycles. The summed E-state index contributed by atoms with van der Waals surface area (Å²) in [5.74, 6) is 0.937. The summed E-state index contributed by atoms with van der Waals surface area (Å²) in [5, 5.41) is 11.9. The van der Waals surface area contributed by atoms with E-state index >= 15 is 0 Å². The first kappa shape index (κ1) is 17.5. The van der Waals surface area contributed by atoms with Gasteiger partial charge < -0.3 is 15.2 Å². The number of rotatable bonds is 9. The summed E-state index contributed by atoms with van der Waals surface area (Å²) in [4.78, 5) is 11.8. The fourth-order valence-corrected chi connectivity index (χ4v) is 2.20. The van der Waals surface area contributed by atoms with Gasteiger partial charge in [0.05, 0.1) is 0 Å². The molecule has 0 saturated heterocycles. The van der Waals surface area contributed by atoms with Crippen LogP contribution < -0.4 is 10.1 Å². The molecule has 4 nitrogen and oxygen atoms in total. The highest BCUT2D eigenvalue weighted by Gasteiger charge is 2.10. The number of benzene rings is 1. The summed E-state index contributed by atoms with van der Waals surface area (Å²) >= 11 is 0. The maximum atomic E-state index is 11.8. The van der Waals surface area contributed by atoms with Crippen LogP contribution >= 0.6 is 0 Å². The Morgan fingerprint density at radius 3 is 2.67 bits per heavy atom. The van der Waals surface area contributed by atoms with Gasteiger partial charge >= 0.3 is 0 Å². The number of hydrogen-bond donors (Lipinski definition) is 2. The summed E-state index contributed by atoms with van der Waals surface area (Å²) in [6.07, 6.45) is 2.80. The summed E-state index contributed by atoms with van der Waals surface area (Å²) in [6, 6.07) is 5.80. The number of carbonyl (C=O) groups is 1. The molecule has 1 amide bonds. The van der Waals surface area contributed by atoms with E-state index in [-0.39, 0.29) is 19.1 Å². The van der Waals surface area contributed by atoms with Crippen molar-refractivity contribution in [3.05, 3.63) is 29.3 Å². The van der Waals surface area contributed by atoms with Crippen LogP contribution in [0.2, 0.25) is 0 Å². The molecular weight excluding hydrogens is 266 g/mol. The zero-order valence-corrected chi connectivity index (χ0v) is 13.3. The molecule has 0 spiro atoms. The summed E-state index contributed by atoms with van der Waals surface area (Å²) in [5.41, 5.74) is 2.36. The Labute approximate surface area is 127 Å². The zero-order valence-electron chi connectivity index (χ0n) is 13.3. The van der Waals surface area contributed by atoms with Crippen LogP contribution in [-0.2, 0) is 4.79 Å². The first-order valence-electron chi connectivity index (χ1n) is 7.64. The van der Waals surface area contributed by atoms with Crippen molar-refractivity contribution in [2.45, 2.75) is 40.0 Å².